The minimum atomic E-state index is -1.80. The second-order valence-electron chi connectivity index (χ2n) is 15.8. The first kappa shape index (κ1) is 59.6. The number of nitrogens with zero attached hydrogens (tertiary/aromatic N) is 3. The Bertz CT molecular complexity index is 1830. The Labute approximate surface area is 390 Å². The number of rotatable bonds is 38. The zero-order valence-electron chi connectivity index (χ0n) is 38.4. The van der Waals surface area contributed by atoms with E-state index in [0.717, 1.165) is 4.68 Å². The molecule has 68 heavy (non-hydrogen) atoms. The molecule has 2 unspecified atom stereocenters. The first-order valence-corrected chi connectivity index (χ1v) is 21.5. The minimum Gasteiger partial charge on any atom is -0.481 e. The first-order chi connectivity index (χ1) is 32.1. The third-order valence-corrected chi connectivity index (χ3v) is 9.14. The molecule has 1 heterocycles. The Balaban J connectivity index is 2.87. The number of carboxylic acids is 4. The standard InChI is InChI=1S/C40H64FN9O18/c1-24(2)34(46-35(60)26(7-8-30(52)53)44-36(61)27(20-32(56)57)43-29(51)23-50-22-25(48-49-50)6-5-10-41)38(63)45-28(21-33(58)59)37(62)47-40(3,4)39(64)42-11-13-66-15-17-68-19-18-67-16-14-65-12-9-31(54)55/h22,24,26-28,34H,5-21,23H2,1-4H3,(H,42,64)(H,43,51)(H,44,61)(H,45,63)(H,46,60)(H,47,62)(H,52,53)(H,54,55)(H,56,57)(H,58,59)/t26?,27-,28?,34-/m0/s1. The SMILES string of the molecule is CC(C)[C@H](NC(=O)C(CCC(=O)O)NC(=O)[C@H](CC(=O)O)NC(=O)Cn1cc(CCCF)nn1)C(=O)NC(CC(=O)O)C(=O)NC(C)(C)C(=O)NCCOCCOCCOCCOCCC(=O)O. The monoisotopic (exact) mass is 977 g/mol. The van der Waals surface area contributed by atoms with Gasteiger partial charge in [-0.3, -0.25) is 52.3 Å². The van der Waals surface area contributed by atoms with Crippen LogP contribution in [0, 0.1) is 5.92 Å². The van der Waals surface area contributed by atoms with Gasteiger partial charge in [0.05, 0.1) is 84.5 Å². The Morgan fingerprint density at radius 3 is 1.71 bits per heavy atom. The molecule has 0 radical (unpaired) electrons. The van der Waals surface area contributed by atoms with Crippen LogP contribution < -0.4 is 31.9 Å². The predicted octanol–water partition coefficient (Wildman–Crippen LogP) is -2.86. The maximum Gasteiger partial charge on any atom is 0.305 e. The molecule has 0 saturated heterocycles. The van der Waals surface area contributed by atoms with Crippen LogP contribution in [0.4, 0.5) is 4.39 Å². The van der Waals surface area contributed by atoms with Crippen molar-refractivity contribution in [2.75, 3.05) is 66.1 Å². The maximum atomic E-state index is 13.6. The van der Waals surface area contributed by atoms with E-state index in [4.69, 9.17) is 24.1 Å². The topological polar surface area (TPSA) is 391 Å². The lowest BCUT2D eigenvalue weighted by Crippen LogP contribution is -2.62. The second-order valence-corrected chi connectivity index (χ2v) is 15.8. The number of ether oxygens (including phenoxy) is 4. The number of aryl methyl sites for hydroxylation is 1. The molecule has 1 rings (SSSR count). The molecule has 0 aromatic carbocycles. The highest BCUT2D eigenvalue weighted by atomic mass is 19.1. The zero-order valence-corrected chi connectivity index (χ0v) is 38.4. The molecule has 0 spiro atoms. The number of nitrogens with one attached hydrogen (secondary N) is 6. The molecule has 0 aliphatic carbocycles. The summed E-state index contributed by atoms with van der Waals surface area (Å²) >= 11 is 0. The molecule has 0 bridgehead atoms. The molecule has 0 aliphatic heterocycles. The van der Waals surface area contributed by atoms with Gasteiger partial charge in [-0.2, -0.15) is 0 Å². The Morgan fingerprint density at radius 2 is 1.18 bits per heavy atom. The van der Waals surface area contributed by atoms with Crippen molar-refractivity contribution in [1.29, 1.82) is 0 Å². The smallest absolute Gasteiger partial charge is 0.305 e. The largest absolute Gasteiger partial charge is 0.481 e. The van der Waals surface area contributed by atoms with Crippen LogP contribution in [0.25, 0.3) is 0 Å². The molecule has 1 aromatic rings. The van der Waals surface area contributed by atoms with Crippen molar-refractivity contribution in [1.82, 2.24) is 46.9 Å². The number of amides is 6. The molecule has 4 atom stereocenters. The Kier molecular flexibility index (Phi) is 28.4. The van der Waals surface area contributed by atoms with Crippen molar-refractivity contribution >= 4 is 59.3 Å². The number of hydrogen-bond donors (Lipinski definition) is 10. The third-order valence-electron chi connectivity index (χ3n) is 9.14. The molecule has 10 N–H and O–H groups in total. The normalized spacial score (nSPS) is 13.0. The maximum absolute atomic E-state index is 13.6. The fourth-order valence-corrected chi connectivity index (χ4v) is 5.62. The number of carbonyl (C=O) groups excluding carboxylic acids is 6. The molecule has 0 aliphatic rings. The van der Waals surface area contributed by atoms with Crippen LogP contribution in [0.15, 0.2) is 6.20 Å². The number of carboxylic acid groups (broad SMARTS) is 4. The van der Waals surface area contributed by atoms with E-state index in [1.807, 2.05) is 0 Å². The molecule has 28 heteroatoms. The summed E-state index contributed by atoms with van der Waals surface area (Å²) in [5, 5.41) is 58.4. The summed E-state index contributed by atoms with van der Waals surface area (Å²) in [6, 6.07) is -6.86. The summed E-state index contributed by atoms with van der Waals surface area (Å²) in [5.74, 6) is -12.3. The van der Waals surface area contributed by atoms with E-state index in [9.17, 15) is 67.7 Å². The predicted molar refractivity (Wildman–Crippen MR) is 229 cm³/mol. The highest BCUT2D eigenvalue weighted by Gasteiger charge is 2.37. The number of halogens is 1. The van der Waals surface area contributed by atoms with E-state index in [1.165, 1.54) is 33.9 Å². The van der Waals surface area contributed by atoms with Gasteiger partial charge in [-0.15, -0.1) is 5.10 Å². The lowest BCUT2D eigenvalue weighted by molar-refractivity contribution is -0.143. The molecular formula is C40H64FN9O18. The minimum absolute atomic E-state index is 0.00590. The molecule has 27 nitrogen and oxygen atoms in total. The van der Waals surface area contributed by atoms with E-state index in [2.05, 4.69) is 42.2 Å². The third kappa shape index (κ3) is 26.1. The van der Waals surface area contributed by atoms with Gasteiger partial charge in [-0.05, 0) is 39.0 Å². The van der Waals surface area contributed by atoms with Crippen LogP contribution in [0.5, 0.6) is 0 Å². The van der Waals surface area contributed by atoms with Crippen molar-refractivity contribution in [2.45, 2.75) is 109 Å². The van der Waals surface area contributed by atoms with Crippen molar-refractivity contribution in [3.8, 4) is 0 Å². The van der Waals surface area contributed by atoms with Crippen molar-refractivity contribution in [2.24, 2.45) is 5.92 Å². The van der Waals surface area contributed by atoms with E-state index in [1.54, 1.807) is 0 Å². The van der Waals surface area contributed by atoms with Crippen LogP contribution in [0.3, 0.4) is 0 Å². The van der Waals surface area contributed by atoms with Gasteiger partial charge in [0.2, 0.25) is 35.4 Å². The van der Waals surface area contributed by atoms with Gasteiger partial charge >= 0.3 is 23.9 Å². The fraction of sp³-hybridized carbons (Fsp3) is 0.700. The van der Waals surface area contributed by atoms with Gasteiger partial charge in [-0.25, -0.2) is 4.68 Å². The average molecular weight is 978 g/mol. The fourth-order valence-electron chi connectivity index (χ4n) is 5.62. The van der Waals surface area contributed by atoms with Gasteiger partial charge in [-0.1, -0.05) is 19.1 Å². The number of alkyl halides is 1. The van der Waals surface area contributed by atoms with Gasteiger partial charge < -0.3 is 71.3 Å². The number of aromatic nitrogens is 3. The Hall–Kier alpha value is -6.39. The Morgan fingerprint density at radius 1 is 0.662 bits per heavy atom. The summed E-state index contributed by atoms with van der Waals surface area (Å²) in [5.41, 5.74) is -1.28. The molecule has 0 fully saturated rings. The lowest BCUT2D eigenvalue weighted by Gasteiger charge is -2.30. The summed E-state index contributed by atoms with van der Waals surface area (Å²) in [6.07, 6.45) is -1.59. The van der Waals surface area contributed by atoms with Crippen LogP contribution >= 0.6 is 0 Å². The number of aliphatic carboxylic acids is 4. The van der Waals surface area contributed by atoms with Crippen LogP contribution in [-0.2, 0) is 79.9 Å². The second kappa shape index (κ2) is 32.3. The highest BCUT2D eigenvalue weighted by molar-refractivity contribution is 5.98. The zero-order chi connectivity index (χ0) is 51.2. The van der Waals surface area contributed by atoms with Crippen molar-refractivity contribution in [3.05, 3.63) is 11.9 Å². The van der Waals surface area contributed by atoms with Gasteiger partial charge in [0.25, 0.3) is 0 Å². The summed E-state index contributed by atoms with van der Waals surface area (Å²) in [7, 11) is 0. The van der Waals surface area contributed by atoms with Crippen molar-refractivity contribution < 1.29 is 91.7 Å². The quantitative estimate of drug-likeness (QED) is 0.0298. The molecular weight excluding hydrogens is 913 g/mol. The molecule has 384 valence electrons. The summed E-state index contributed by atoms with van der Waals surface area (Å²) in [6.45, 7) is 6.00. The lowest BCUT2D eigenvalue weighted by atomic mass is 10.00. The molecule has 1 aromatic heterocycles. The van der Waals surface area contributed by atoms with Gasteiger partial charge in [0, 0.05) is 19.2 Å². The summed E-state index contributed by atoms with van der Waals surface area (Å²) in [4.78, 5) is 125. The number of carbonyl (C=O) groups is 10. The first-order valence-electron chi connectivity index (χ1n) is 21.5. The van der Waals surface area contributed by atoms with Crippen LogP contribution in [0.2, 0.25) is 0 Å². The van der Waals surface area contributed by atoms with E-state index < -0.39 is 134 Å². The average Bonchev–Trinajstić information content (AvgIpc) is 3.69. The summed E-state index contributed by atoms with van der Waals surface area (Å²) < 4.78 is 34.8. The van der Waals surface area contributed by atoms with Crippen LogP contribution in [-0.4, -0.2) is 191 Å². The van der Waals surface area contributed by atoms with Gasteiger partial charge in [0.15, 0.2) is 0 Å². The van der Waals surface area contributed by atoms with Crippen molar-refractivity contribution in [3.63, 3.8) is 0 Å². The van der Waals surface area contributed by atoms with E-state index in [0.29, 0.717) is 5.69 Å². The van der Waals surface area contributed by atoms with E-state index in [-0.39, 0.29) is 78.7 Å². The molecule has 0 saturated carbocycles. The molecule has 6 amide bonds. The number of hydrogen-bond acceptors (Lipinski definition) is 16. The van der Waals surface area contributed by atoms with E-state index >= 15 is 0 Å². The van der Waals surface area contributed by atoms with Gasteiger partial charge in [0.1, 0.15) is 36.3 Å². The highest BCUT2D eigenvalue weighted by Crippen LogP contribution is 2.10. The van der Waals surface area contributed by atoms with Crippen LogP contribution in [0.1, 0.15) is 71.9 Å².